The van der Waals surface area contributed by atoms with Crippen LogP contribution in [0, 0.1) is 0 Å². The fourth-order valence-corrected chi connectivity index (χ4v) is 4.59. The maximum absolute atomic E-state index is 13.0. The molecule has 1 saturated heterocycles. The molecule has 1 amide bonds. The molecule has 0 saturated carbocycles. The van der Waals surface area contributed by atoms with Crippen LogP contribution in [-0.2, 0) is 10.0 Å². The highest BCUT2D eigenvalue weighted by Crippen LogP contribution is 2.37. The number of hydrogen-bond acceptors (Lipinski definition) is 6. The summed E-state index contributed by atoms with van der Waals surface area (Å²) in [5, 5.41) is 0.382. The molecular formula is C21H24ClF2N3O4S. The number of carbonyl (C=O) groups is 1. The molecule has 0 radical (unpaired) electrons. The SMILES string of the molecule is CCC[C@@H]1CCCN1c1ncc(-c2ccc(C(=O)NS(C)(=O)=O)cc2OC(F)F)cc1Cl. The molecule has 3 rings (SSSR count). The van der Waals surface area contributed by atoms with Gasteiger partial charge in [-0.2, -0.15) is 8.78 Å². The van der Waals surface area contributed by atoms with E-state index in [1.165, 1.54) is 18.3 Å². The average molecular weight is 488 g/mol. The quantitative estimate of drug-likeness (QED) is 0.591. The molecule has 1 atom stereocenters. The van der Waals surface area contributed by atoms with Gasteiger partial charge >= 0.3 is 6.61 Å². The van der Waals surface area contributed by atoms with E-state index < -0.39 is 22.5 Å². The smallest absolute Gasteiger partial charge is 0.387 e. The van der Waals surface area contributed by atoms with E-state index >= 15 is 0 Å². The third-order valence-electron chi connectivity index (χ3n) is 5.14. The summed E-state index contributed by atoms with van der Waals surface area (Å²) in [4.78, 5) is 18.8. The molecule has 0 unspecified atom stereocenters. The first kappa shape index (κ1) is 24.2. The van der Waals surface area contributed by atoms with Crippen LogP contribution in [0.3, 0.4) is 0 Å². The van der Waals surface area contributed by atoms with Gasteiger partial charge < -0.3 is 9.64 Å². The van der Waals surface area contributed by atoms with Crippen LogP contribution in [0.25, 0.3) is 11.1 Å². The minimum atomic E-state index is -3.82. The number of nitrogens with zero attached hydrogens (tertiary/aromatic N) is 2. The Bertz CT molecular complexity index is 1100. The lowest BCUT2D eigenvalue weighted by atomic mass is 10.0. The van der Waals surface area contributed by atoms with Gasteiger partial charge in [0.25, 0.3) is 5.91 Å². The lowest BCUT2D eigenvalue weighted by molar-refractivity contribution is -0.0495. The minimum absolute atomic E-state index is 0.148. The second-order valence-corrected chi connectivity index (χ2v) is 9.76. The normalized spacial score (nSPS) is 16.4. The summed E-state index contributed by atoms with van der Waals surface area (Å²) in [7, 11) is -3.82. The van der Waals surface area contributed by atoms with E-state index in [-0.39, 0.29) is 16.9 Å². The molecular weight excluding hydrogens is 464 g/mol. The zero-order valence-electron chi connectivity index (χ0n) is 17.6. The van der Waals surface area contributed by atoms with E-state index in [1.807, 2.05) is 0 Å². The third kappa shape index (κ3) is 5.86. The summed E-state index contributed by atoms with van der Waals surface area (Å²) in [6.45, 7) is -0.177. The fourth-order valence-electron chi connectivity index (χ4n) is 3.86. The summed E-state index contributed by atoms with van der Waals surface area (Å²) in [5.74, 6) is -0.607. The Morgan fingerprint density at radius 3 is 2.75 bits per heavy atom. The van der Waals surface area contributed by atoms with Gasteiger partial charge in [-0.15, -0.1) is 0 Å². The molecule has 1 aliphatic rings. The molecule has 32 heavy (non-hydrogen) atoms. The zero-order chi connectivity index (χ0) is 23.5. The summed E-state index contributed by atoms with van der Waals surface area (Å²) in [5.41, 5.74) is 0.523. The third-order valence-corrected chi connectivity index (χ3v) is 5.98. The van der Waals surface area contributed by atoms with Crippen LogP contribution in [-0.4, -0.2) is 44.8 Å². The number of hydrogen-bond donors (Lipinski definition) is 1. The van der Waals surface area contributed by atoms with Crippen molar-refractivity contribution in [2.75, 3.05) is 17.7 Å². The van der Waals surface area contributed by atoms with Crippen molar-refractivity contribution in [3.8, 4) is 16.9 Å². The van der Waals surface area contributed by atoms with Crippen LogP contribution in [0.5, 0.6) is 5.75 Å². The highest BCUT2D eigenvalue weighted by Gasteiger charge is 2.27. The van der Waals surface area contributed by atoms with Gasteiger partial charge in [0.15, 0.2) is 0 Å². The molecule has 1 N–H and O–H groups in total. The molecule has 0 bridgehead atoms. The molecule has 1 fully saturated rings. The molecule has 174 valence electrons. The van der Waals surface area contributed by atoms with Gasteiger partial charge in [-0.1, -0.05) is 24.9 Å². The Labute approximate surface area is 190 Å². The van der Waals surface area contributed by atoms with Crippen LogP contribution in [0.2, 0.25) is 5.02 Å². The van der Waals surface area contributed by atoms with Gasteiger partial charge in [-0.05, 0) is 43.5 Å². The number of nitrogens with one attached hydrogen (secondary N) is 1. The van der Waals surface area contributed by atoms with Crippen molar-refractivity contribution in [2.45, 2.75) is 45.3 Å². The van der Waals surface area contributed by atoms with Crippen molar-refractivity contribution in [3.63, 3.8) is 0 Å². The molecule has 1 aromatic carbocycles. The maximum atomic E-state index is 13.0. The standard InChI is InChI=1S/C21H24ClF2N3O4S/c1-3-5-15-6-4-9-27(15)19-17(22)10-14(12-25-19)16-8-7-13(11-18(16)31-21(23)24)20(28)26-32(2,29)30/h7-8,10-12,15,21H,3-6,9H2,1-2H3,(H,26,28)/t15-/m1/s1. The second-order valence-electron chi connectivity index (χ2n) is 7.60. The summed E-state index contributed by atoms with van der Waals surface area (Å²) < 4.78 is 55.0. The molecule has 11 heteroatoms. The number of benzene rings is 1. The van der Waals surface area contributed by atoms with E-state index in [2.05, 4.69) is 21.5 Å². The summed E-state index contributed by atoms with van der Waals surface area (Å²) in [6, 6.07) is 5.74. The van der Waals surface area contributed by atoms with Crippen molar-refractivity contribution >= 4 is 33.3 Å². The van der Waals surface area contributed by atoms with Gasteiger partial charge in [0.1, 0.15) is 11.6 Å². The van der Waals surface area contributed by atoms with Gasteiger partial charge in [0, 0.05) is 35.5 Å². The van der Waals surface area contributed by atoms with Crippen LogP contribution < -0.4 is 14.4 Å². The zero-order valence-corrected chi connectivity index (χ0v) is 19.2. The number of ether oxygens (including phenoxy) is 1. The monoisotopic (exact) mass is 487 g/mol. The Balaban J connectivity index is 1.95. The van der Waals surface area contributed by atoms with Gasteiger partial charge in [-0.25, -0.2) is 18.1 Å². The van der Waals surface area contributed by atoms with Crippen molar-refractivity contribution in [3.05, 3.63) is 41.0 Å². The van der Waals surface area contributed by atoms with Crippen LogP contribution in [0.15, 0.2) is 30.5 Å². The molecule has 2 heterocycles. The van der Waals surface area contributed by atoms with Crippen molar-refractivity contribution < 1.29 is 26.7 Å². The van der Waals surface area contributed by atoms with Crippen molar-refractivity contribution in [1.29, 1.82) is 0 Å². The Kier molecular flexibility index (Phi) is 7.55. The Morgan fingerprint density at radius 2 is 2.12 bits per heavy atom. The number of carbonyl (C=O) groups excluding carboxylic acids is 1. The highest BCUT2D eigenvalue weighted by molar-refractivity contribution is 7.89. The molecule has 1 aliphatic heterocycles. The Hall–Kier alpha value is -2.46. The molecule has 1 aromatic heterocycles. The van der Waals surface area contributed by atoms with E-state index in [1.54, 1.807) is 10.8 Å². The Morgan fingerprint density at radius 1 is 1.38 bits per heavy atom. The summed E-state index contributed by atoms with van der Waals surface area (Å²) >= 11 is 6.51. The first-order valence-corrected chi connectivity index (χ1v) is 12.4. The average Bonchev–Trinajstić information content (AvgIpc) is 3.14. The number of halogens is 3. The summed E-state index contributed by atoms with van der Waals surface area (Å²) in [6.07, 6.45) is 6.53. The van der Waals surface area contributed by atoms with Crippen LogP contribution in [0.1, 0.15) is 43.0 Å². The van der Waals surface area contributed by atoms with Crippen LogP contribution in [0.4, 0.5) is 14.6 Å². The molecule has 2 aromatic rings. The minimum Gasteiger partial charge on any atom is -0.434 e. The fraction of sp³-hybridized carbons (Fsp3) is 0.429. The number of anilines is 1. The topological polar surface area (TPSA) is 88.6 Å². The number of aromatic nitrogens is 1. The number of pyridine rings is 1. The second kappa shape index (κ2) is 9.99. The lowest BCUT2D eigenvalue weighted by Gasteiger charge is -2.26. The number of amides is 1. The van der Waals surface area contributed by atoms with E-state index in [9.17, 15) is 22.0 Å². The largest absolute Gasteiger partial charge is 0.434 e. The maximum Gasteiger partial charge on any atom is 0.387 e. The highest BCUT2D eigenvalue weighted by atomic mass is 35.5. The molecule has 7 nitrogen and oxygen atoms in total. The van der Waals surface area contributed by atoms with Crippen molar-refractivity contribution in [1.82, 2.24) is 9.71 Å². The van der Waals surface area contributed by atoms with Gasteiger partial charge in [0.05, 0.1) is 11.3 Å². The van der Waals surface area contributed by atoms with Crippen LogP contribution >= 0.6 is 11.6 Å². The first-order chi connectivity index (χ1) is 15.1. The van der Waals surface area contributed by atoms with Gasteiger partial charge in [0.2, 0.25) is 10.0 Å². The first-order valence-electron chi connectivity index (χ1n) is 10.1. The molecule has 0 spiro atoms. The predicted octanol–water partition coefficient (Wildman–Crippen LogP) is 4.46. The molecule has 0 aliphatic carbocycles. The number of alkyl halides is 2. The van der Waals surface area contributed by atoms with E-state index in [4.69, 9.17) is 11.6 Å². The number of rotatable bonds is 8. The predicted molar refractivity (Wildman–Crippen MR) is 119 cm³/mol. The van der Waals surface area contributed by atoms with E-state index in [0.717, 1.165) is 44.6 Å². The van der Waals surface area contributed by atoms with Gasteiger partial charge in [-0.3, -0.25) is 4.79 Å². The lowest BCUT2D eigenvalue weighted by Crippen LogP contribution is -2.30. The van der Waals surface area contributed by atoms with E-state index in [0.29, 0.717) is 22.4 Å². The number of sulfonamides is 1. The van der Waals surface area contributed by atoms with Crippen molar-refractivity contribution in [2.24, 2.45) is 0 Å².